The van der Waals surface area contributed by atoms with E-state index in [-0.39, 0.29) is 0 Å². The average molecular weight is 278 g/mol. The van der Waals surface area contributed by atoms with Crippen LogP contribution in [-0.4, -0.2) is 34.9 Å². The van der Waals surface area contributed by atoms with Crippen molar-refractivity contribution >= 4 is 17.7 Å². The largest absolute Gasteiger partial charge is 0.479 e. The van der Waals surface area contributed by atoms with E-state index in [1.54, 1.807) is 5.32 Å². The maximum Gasteiger partial charge on any atom is 0.334 e. The zero-order valence-electron chi connectivity index (χ0n) is 9.28. The van der Waals surface area contributed by atoms with Crippen LogP contribution in [0.15, 0.2) is 12.1 Å². The molecule has 104 valence electrons. The second-order valence-electron chi connectivity index (χ2n) is 3.43. The van der Waals surface area contributed by atoms with Gasteiger partial charge in [-0.2, -0.15) is 0 Å². The summed E-state index contributed by atoms with van der Waals surface area (Å²) in [5.74, 6) is -5.38. The predicted molar refractivity (Wildman–Crippen MR) is 57.0 cm³/mol. The lowest BCUT2D eigenvalue weighted by atomic mass is 10.3. The fraction of sp³-hybridized carbons (Fsp3) is 0.200. The fourth-order valence-corrected chi connectivity index (χ4v) is 1.10. The number of anilines is 1. The van der Waals surface area contributed by atoms with E-state index in [1.807, 2.05) is 5.32 Å². The summed E-state index contributed by atoms with van der Waals surface area (Å²) < 4.78 is 38.8. The van der Waals surface area contributed by atoms with Gasteiger partial charge in [-0.3, -0.25) is 0 Å². The molecule has 0 radical (unpaired) electrons. The monoisotopic (exact) mass is 278 g/mol. The number of carboxylic acid groups (broad SMARTS) is 1. The molecular formula is C10H9F3N2O4. The number of aliphatic hydroxyl groups excluding tert-OH is 1. The minimum absolute atomic E-state index is 0.366. The van der Waals surface area contributed by atoms with Crippen molar-refractivity contribution in [1.82, 2.24) is 5.32 Å². The summed E-state index contributed by atoms with van der Waals surface area (Å²) in [5, 5.41) is 20.8. The summed E-state index contributed by atoms with van der Waals surface area (Å²) in [5.41, 5.74) is -0.885. The van der Waals surface area contributed by atoms with Gasteiger partial charge in [-0.15, -0.1) is 0 Å². The second kappa shape index (κ2) is 6.05. The highest BCUT2D eigenvalue weighted by Crippen LogP contribution is 2.19. The van der Waals surface area contributed by atoms with Crippen LogP contribution >= 0.6 is 0 Å². The van der Waals surface area contributed by atoms with Gasteiger partial charge in [0.25, 0.3) is 0 Å². The van der Waals surface area contributed by atoms with Crippen molar-refractivity contribution in [3.8, 4) is 0 Å². The van der Waals surface area contributed by atoms with E-state index in [0.717, 1.165) is 0 Å². The molecule has 1 rings (SSSR count). The van der Waals surface area contributed by atoms with Gasteiger partial charge in [0.15, 0.2) is 17.7 Å². The molecule has 1 atom stereocenters. The van der Waals surface area contributed by atoms with Crippen LogP contribution in [0, 0.1) is 17.5 Å². The first-order valence-corrected chi connectivity index (χ1v) is 4.91. The Hall–Kier alpha value is -2.29. The van der Waals surface area contributed by atoms with Gasteiger partial charge in [-0.25, -0.2) is 22.8 Å². The number of nitrogens with one attached hydrogen (secondary N) is 2. The number of aliphatic carboxylic acids is 1. The number of urea groups is 1. The van der Waals surface area contributed by atoms with Gasteiger partial charge in [0.05, 0.1) is 6.54 Å². The molecule has 1 unspecified atom stereocenters. The molecule has 1 aromatic rings. The van der Waals surface area contributed by atoms with Crippen LogP contribution < -0.4 is 10.6 Å². The topological polar surface area (TPSA) is 98.7 Å². The van der Waals surface area contributed by atoms with Crippen molar-refractivity contribution in [1.29, 1.82) is 0 Å². The molecule has 1 aromatic carbocycles. The first-order valence-electron chi connectivity index (χ1n) is 4.91. The number of hydrogen-bond donors (Lipinski definition) is 4. The number of carboxylic acids is 1. The smallest absolute Gasteiger partial charge is 0.334 e. The summed E-state index contributed by atoms with van der Waals surface area (Å²) in [6, 6.07) is -0.417. The first-order chi connectivity index (χ1) is 8.81. The Morgan fingerprint density at radius 3 is 2.21 bits per heavy atom. The maximum atomic E-state index is 13.1. The third kappa shape index (κ3) is 4.14. The molecule has 0 aromatic heterocycles. The van der Waals surface area contributed by atoms with E-state index in [2.05, 4.69) is 0 Å². The Kier molecular flexibility index (Phi) is 4.70. The summed E-state index contributed by atoms with van der Waals surface area (Å²) >= 11 is 0. The average Bonchev–Trinajstić information content (AvgIpc) is 2.30. The van der Waals surface area contributed by atoms with Gasteiger partial charge < -0.3 is 20.8 Å². The van der Waals surface area contributed by atoms with Crippen LogP contribution in [0.4, 0.5) is 23.7 Å². The number of hydrogen-bond acceptors (Lipinski definition) is 3. The van der Waals surface area contributed by atoms with Gasteiger partial charge in [-0.05, 0) is 0 Å². The molecule has 0 spiro atoms. The molecule has 0 aliphatic carbocycles. The molecule has 0 bridgehead atoms. The van der Waals surface area contributed by atoms with Crippen LogP contribution in [0.3, 0.4) is 0 Å². The van der Waals surface area contributed by atoms with E-state index in [9.17, 15) is 22.8 Å². The first kappa shape index (κ1) is 14.8. The minimum atomic E-state index is -1.85. The number of aliphatic hydroxyl groups is 1. The number of carbonyl (C=O) groups is 2. The van der Waals surface area contributed by atoms with Gasteiger partial charge in [0.2, 0.25) is 0 Å². The minimum Gasteiger partial charge on any atom is -0.479 e. The molecule has 0 aliphatic rings. The van der Waals surface area contributed by atoms with E-state index < -0.39 is 47.8 Å². The molecule has 0 saturated carbocycles. The molecule has 9 heteroatoms. The van der Waals surface area contributed by atoms with Gasteiger partial charge in [0.1, 0.15) is 11.5 Å². The zero-order valence-corrected chi connectivity index (χ0v) is 9.28. The Labute approximate surface area is 104 Å². The number of halogens is 3. The molecule has 4 N–H and O–H groups in total. The molecule has 0 aliphatic heterocycles. The lowest BCUT2D eigenvalue weighted by Gasteiger charge is -2.10. The van der Waals surface area contributed by atoms with E-state index in [1.165, 1.54) is 0 Å². The summed E-state index contributed by atoms with van der Waals surface area (Å²) in [7, 11) is 0. The Morgan fingerprint density at radius 2 is 1.74 bits per heavy atom. The summed E-state index contributed by atoms with van der Waals surface area (Å²) in [6.45, 7) is -0.661. The van der Waals surface area contributed by atoms with E-state index in [0.29, 0.717) is 12.1 Å². The quantitative estimate of drug-likeness (QED) is 0.650. The highest BCUT2D eigenvalue weighted by Gasteiger charge is 2.17. The highest BCUT2D eigenvalue weighted by molar-refractivity contribution is 5.89. The molecule has 19 heavy (non-hydrogen) atoms. The van der Waals surface area contributed by atoms with Crippen molar-refractivity contribution in [3.05, 3.63) is 29.6 Å². The van der Waals surface area contributed by atoms with Crippen molar-refractivity contribution in [2.24, 2.45) is 0 Å². The normalized spacial score (nSPS) is 11.8. The van der Waals surface area contributed by atoms with Crippen LogP contribution in [-0.2, 0) is 4.79 Å². The van der Waals surface area contributed by atoms with E-state index in [4.69, 9.17) is 10.2 Å². The number of carbonyl (C=O) groups excluding carboxylic acids is 1. The maximum absolute atomic E-state index is 13.1. The third-order valence-electron chi connectivity index (χ3n) is 1.99. The molecule has 6 nitrogen and oxygen atoms in total. The van der Waals surface area contributed by atoms with Crippen molar-refractivity contribution in [2.45, 2.75) is 6.10 Å². The van der Waals surface area contributed by atoms with Gasteiger partial charge >= 0.3 is 12.0 Å². The van der Waals surface area contributed by atoms with Gasteiger partial charge in [0, 0.05) is 12.1 Å². The zero-order chi connectivity index (χ0) is 14.6. The van der Waals surface area contributed by atoms with Crippen LogP contribution in [0.2, 0.25) is 0 Å². The molecular weight excluding hydrogens is 269 g/mol. The van der Waals surface area contributed by atoms with Crippen LogP contribution in [0.25, 0.3) is 0 Å². The van der Waals surface area contributed by atoms with Crippen molar-refractivity contribution in [2.75, 3.05) is 11.9 Å². The number of benzene rings is 1. The van der Waals surface area contributed by atoms with Crippen LogP contribution in [0.5, 0.6) is 0 Å². The Morgan fingerprint density at radius 1 is 1.21 bits per heavy atom. The third-order valence-corrected chi connectivity index (χ3v) is 1.99. The summed E-state index contributed by atoms with van der Waals surface area (Å²) in [6.07, 6.45) is -1.85. The predicted octanol–water partition coefficient (Wildman–Crippen LogP) is 0.671. The molecule has 0 heterocycles. The van der Waals surface area contributed by atoms with Crippen molar-refractivity contribution in [3.63, 3.8) is 0 Å². The Bertz CT molecular complexity index is 487. The number of amides is 2. The standard InChI is InChI=1S/C10H9F3N2O4/c11-4-1-5(12)8(6(13)2-4)15-10(19)14-3-7(16)9(17)18/h1-2,7,16H,3H2,(H,17,18)(H2,14,15,19). The van der Waals surface area contributed by atoms with E-state index >= 15 is 0 Å². The lowest BCUT2D eigenvalue weighted by Crippen LogP contribution is -2.39. The lowest BCUT2D eigenvalue weighted by molar-refractivity contribution is -0.146. The SMILES string of the molecule is O=C(NCC(O)C(=O)O)Nc1c(F)cc(F)cc1F. The van der Waals surface area contributed by atoms with Gasteiger partial charge in [-0.1, -0.05) is 0 Å². The summed E-state index contributed by atoms with van der Waals surface area (Å²) in [4.78, 5) is 21.4. The second-order valence-corrected chi connectivity index (χ2v) is 3.43. The highest BCUT2D eigenvalue weighted by atomic mass is 19.1. The van der Waals surface area contributed by atoms with Crippen molar-refractivity contribution < 1.29 is 33.0 Å². The Balaban J connectivity index is 2.65. The number of rotatable bonds is 4. The molecule has 0 saturated heterocycles. The molecule has 2 amide bonds. The molecule has 0 fully saturated rings. The fourth-order valence-electron chi connectivity index (χ4n) is 1.10. The van der Waals surface area contributed by atoms with Crippen LogP contribution in [0.1, 0.15) is 0 Å².